The van der Waals surface area contributed by atoms with Gasteiger partial charge in [0, 0.05) is 18.5 Å². The minimum Gasteiger partial charge on any atom is -0.271 e. The molecule has 0 radical (unpaired) electrons. The lowest BCUT2D eigenvalue weighted by Gasteiger charge is -1.99. The molecule has 0 aromatic carbocycles. The van der Waals surface area contributed by atoms with Crippen LogP contribution in [0.5, 0.6) is 0 Å². The summed E-state index contributed by atoms with van der Waals surface area (Å²) in [5.41, 5.74) is -0.417. The Labute approximate surface area is 72.8 Å². The number of hydrogen-bond donors (Lipinski definition) is 1. The minimum atomic E-state index is -4.36. The van der Waals surface area contributed by atoms with Gasteiger partial charge in [-0.1, -0.05) is 0 Å². The SMILES string of the molecule is Cn1nc(C(F)(F)F)cc1CS. The summed E-state index contributed by atoms with van der Waals surface area (Å²) in [7, 11) is 1.46. The summed E-state index contributed by atoms with van der Waals surface area (Å²) in [5.74, 6) is 0.250. The lowest BCUT2D eigenvalue weighted by atomic mass is 10.4. The zero-order valence-corrected chi connectivity index (χ0v) is 7.15. The Hall–Kier alpha value is -0.650. The number of thiol groups is 1. The van der Waals surface area contributed by atoms with Gasteiger partial charge in [0.1, 0.15) is 0 Å². The van der Waals surface area contributed by atoms with E-state index in [1.54, 1.807) is 0 Å². The molecule has 0 aliphatic carbocycles. The first-order chi connectivity index (χ1) is 5.45. The molecule has 1 aromatic rings. The molecule has 1 rings (SSSR count). The maximum atomic E-state index is 12.0. The summed E-state index contributed by atoms with van der Waals surface area (Å²) in [4.78, 5) is 0. The topological polar surface area (TPSA) is 17.8 Å². The average molecular weight is 196 g/mol. The number of halogens is 3. The van der Waals surface area contributed by atoms with Crippen LogP contribution in [-0.4, -0.2) is 9.78 Å². The second-order valence-corrected chi connectivity index (χ2v) is 2.62. The molecule has 0 unspecified atom stereocenters. The molecule has 68 valence electrons. The van der Waals surface area contributed by atoms with Crippen molar-refractivity contribution in [2.45, 2.75) is 11.9 Å². The van der Waals surface area contributed by atoms with Crippen LogP contribution >= 0.6 is 12.6 Å². The zero-order valence-electron chi connectivity index (χ0n) is 6.26. The molecule has 12 heavy (non-hydrogen) atoms. The van der Waals surface area contributed by atoms with Crippen LogP contribution in [0.1, 0.15) is 11.4 Å². The molecule has 0 fully saturated rings. The molecule has 0 amide bonds. The number of nitrogens with zero attached hydrogens (tertiary/aromatic N) is 2. The lowest BCUT2D eigenvalue weighted by molar-refractivity contribution is -0.141. The summed E-state index contributed by atoms with van der Waals surface area (Å²) in [6, 6.07) is 0.993. The van der Waals surface area contributed by atoms with Gasteiger partial charge in [-0.3, -0.25) is 4.68 Å². The highest BCUT2D eigenvalue weighted by Crippen LogP contribution is 2.28. The number of hydrogen-bond acceptors (Lipinski definition) is 2. The normalized spacial score (nSPS) is 12.1. The molecule has 1 aromatic heterocycles. The third kappa shape index (κ3) is 1.74. The van der Waals surface area contributed by atoms with Crippen molar-refractivity contribution in [3.8, 4) is 0 Å². The van der Waals surface area contributed by atoms with Gasteiger partial charge in [0.2, 0.25) is 0 Å². The summed E-state index contributed by atoms with van der Waals surface area (Å²) >= 11 is 3.86. The molecule has 0 saturated carbocycles. The van der Waals surface area contributed by atoms with Crippen LogP contribution in [0.2, 0.25) is 0 Å². The molecule has 6 heteroatoms. The fraction of sp³-hybridized carbons (Fsp3) is 0.500. The molecule has 0 atom stereocenters. The third-order valence-electron chi connectivity index (χ3n) is 1.43. The largest absolute Gasteiger partial charge is 0.435 e. The molecule has 0 spiro atoms. The highest BCUT2D eigenvalue weighted by atomic mass is 32.1. The van der Waals surface area contributed by atoms with Crippen LogP contribution in [-0.2, 0) is 19.0 Å². The number of rotatable bonds is 1. The average Bonchev–Trinajstić information content (AvgIpc) is 2.29. The lowest BCUT2D eigenvalue weighted by Crippen LogP contribution is -2.06. The van der Waals surface area contributed by atoms with E-state index in [4.69, 9.17) is 0 Å². The van der Waals surface area contributed by atoms with Gasteiger partial charge in [-0.25, -0.2) is 0 Å². The van der Waals surface area contributed by atoms with Gasteiger partial charge in [-0.2, -0.15) is 30.9 Å². The fourth-order valence-electron chi connectivity index (χ4n) is 0.792. The first-order valence-electron chi connectivity index (χ1n) is 3.16. The van der Waals surface area contributed by atoms with Crippen molar-refractivity contribution in [3.63, 3.8) is 0 Å². The van der Waals surface area contributed by atoms with E-state index >= 15 is 0 Å². The van der Waals surface area contributed by atoms with Crippen molar-refractivity contribution in [1.82, 2.24) is 9.78 Å². The monoisotopic (exact) mass is 196 g/mol. The second-order valence-electron chi connectivity index (χ2n) is 2.30. The molecular formula is C6H7F3N2S. The van der Waals surface area contributed by atoms with Gasteiger partial charge < -0.3 is 0 Å². The highest BCUT2D eigenvalue weighted by Gasteiger charge is 2.34. The van der Waals surface area contributed by atoms with Gasteiger partial charge in [0.15, 0.2) is 5.69 Å². The van der Waals surface area contributed by atoms with E-state index in [1.165, 1.54) is 11.7 Å². The first-order valence-corrected chi connectivity index (χ1v) is 3.79. The Morgan fingerprint density at radius 1 is 1.58 bits per heavy atom. The molecule has 2 nitrogen and oxygen atoms in total. The van der Waals surface area contributed by atoms with Gasteiger partial charge in [0.25, 0.3) is 0 Å². The minimum absolute atomic E-state index is 0.250. The second kappa shape index (κ2) is 3.01. The standard InChI is InChI=1S/C6H7F3N2S/c1-11-4(3-12)2-5(10-11)6(7,8)9/h2,12H,3H2,1H3. The van der Waals surface area contributed by atoms with E-state index in [0.717, 1.165) is 6.07 Å². The Morgan fingerprint density at radius 2 is 2.17 bits per heavy atom. The Kier molecular flexibility index (Phi) is 2.36. The summed E-state index contributed by atoms with van der Waals surface area (Å²) in [6.07, 6.45) is -4.36. The van der Waals surface area contributed by atoms with Gasteiger partial charge in [-0.15, -0.1) is 0 Å². The van der Waals surface area contributed by atoms with Crippen molar-refractivity contribution in [2.24, 2.45) is 7.05 Å². The van der Waals surface area contributed by atoms with E-state index in [0.29, 0.717) is 5.69 Å². The maximum Gasteiger partial charge on any atom is 0.435 e. The first kappa shape index (κ1) is 9.44. The van der Waals surface area contributed by atoms with Crippen molar-refractivity contribution >= 4 is 12.6 Å². The predicted molar refractivity (Wildman–Crippen MR) is 40.9 cm³/mol. The van der Waals surface area contributed by atoms with Crippen LogP contribution in [0.15, 0.2) is 6.07 Å². The third-order valence-corrected chi connectivity index (χ3v) is 1.75. The quantitative estimate of drug-likeness (QED) is 0.679. The molecular weight excluding hydrogens is 189 g/mol. The molecule has 1 heterocycles. The smallest absolute Gasteiger partial charge is 0.271 e. The molecule has 0 aliphatic rings. The predicted octanol–water partition coefficient (Wildman–Crippen LogP) is 1.87. The Balaban J connectivity index is 3.05. The van der Waals surface area contributed by atoms with Gasteiger partial charge in [-0.05, 0) is 6.07 Å². The van der Waals surface area contributed by atoms with Crippen molar-refractivity contribution in [1.29, 1.82) is 0 Å². The Morgan fingerprint density at radius 3 is 2.42 bits per heavy atom. The van der Waals surface area contributed by atoms with Crippen LogP contribution in [0.4, 0.5) is 13.2 Å². The molecule has 0 N–H and O–H groups in total. The molecule has 0 aliphatic heterocycles. The fourth-order valence-corrected chi connectivity index (χ4v) is 1.09. The van der Waals surface area contributed by atoms with E-state index in [-0.39, 0.29) is 5.75 Å². The maximum absolute atomic E-state index is 12.0. The Bertz CT molecular complexity index is 279. The van der Waals surface area contributed by atoms with Crippen molar-refractivity contribution in [2.75, 3.05) is 0 Å². The van der Waals surface area contributed by atoms with Crippen LogP contribution in [0, 0.1) is 0 Å². The van der Waals surface area contributed by atoms with Crippen molar-refractivity contribution < 1.29 is 13.2 Å². The molecule has 0 saturated heterocycles. The number of aromatic nitrogens is 2. The summed E-state index contributed by atoms with van der Waals surface area (Å²) < 4.78 is 37.2. The summed E-state index contributed by atoms with van der Waals surface area (Å²) in [6.45, 7) is 0. The van der Waals surface area contributed by atoms with Gasteiger partial charge >= 0.3 is 6.18 Å². The van der Waals surface area contributed by atoms with Gasteiger partial charge in [0.05, 0.1) is 0 Å². The number of alkyl halides is 3. The highest BCUT2D eigenvalue weighted by molar-refractivity contribution is 7.79. The summed E-state index contributed by atoms with van der Waals surface area (Å²) in [5, 5.41) is 3.30. The van der Waals surface area contributed by atoms with Crippen LogP contribution in [0.25, 0.3) is 0 Å². The van der Waals surface area contributed by atoms with E-state index in [2.05, 4.69) is 17.7 Å². The van der Waals surface area contributed by atoms with Crippen molar-refractivity contribution in [3.05, 3.63) is 17.5 Å². The number of aryl methyl sites for hydroxylation is 1. The van der Waals surface area contributed by atoms with E-state index in [9.17, 15) is 13.2 Å². The molecule has 0 bridgehead atoms. The zero-order chi connectivity index (χ0) is 9.35. The van der Waals surface area contributed by atoms with Crippen LogP contribution < -0.4 is 0 Å². The van der Waals surface area contributed by atoms with Crippen LogP contribution in [0.3, 0.4) is 0 Å². The van der Waals surface area contributed by atoms with E-state index in [1.807, 2.05) is 0 Å². The van der Waals surface area contributed by atoms with E-state index < -0.39 is 11.9 Å².